The number of hydrogen-bond donors (Lipinski definition) is 1. The Hall–Kier alpha value is -2.04. The SMILES string of the molecule is CN1C(=O)CCC2(CNC(=O)c3ccoc3)CCC=C12. The summed E-state index contributed by atoms with van der Waals surface area (Å²) < 4.78 is 4.92. The van der Waals surface area contributed by atoms with Crippen molar-refractivity contribution in [3.8, 4) is 0 Å². The molecule has 0 radical (unpaired) electrons. The maximum Gasteiger partial charge on any atom is 0.254 e. The Kier molecular flexibility index (Phi) is 3.12. The molecule has 1 aliphatic carbocycles. The molecule has 1 unspecified atom stereocenters. The van der Waals surface area contributed by atoms with Crippen molar-refractivity contribution in [2.24, 2.45) is 5.41 Å². The second-order valence-corrected chi connectivity index (χ2v) is 5.56. The first-order chi connectivity index (χ1) is 9.62. The molecule has 2 amide bonds. The Labute approximate surface area is 117 Å². The lowest BCUT2D eigenvalue weighted by Crippen LogP contribution is -2.46. The van der Waals surface area contributed by atoms with Gasteiger partial charge >= 0.3 is 0 Å². The van der Waals surface area contributed by atoms with Crippen molar-refractivity contribution in [2.45, 2.75) is 25.7 Å². The second kappa shape index (κ2) is 4.81. The third-order valence-electron chi connectivity index (χ3n) is 4.43. The third-order valence-corrected chi connectivity index (χ3v) is 4.43. The Morgan fingerprint density at radius 2 is 2.35 bits per heavy atom. The number of piperidine rings is 1. The van der Waals surface area contributed by atoms with Crippen LogP contribution in [-0.2, 0) is 4.79 Å². The molecule has 1 atom stereocenters. The molecule has 1 saturated heterocycles. The van der Waals surface area contributed by atoms with Gasteiger partial charge < -0.3 is 14.6 Å². The molecule has 2 aliphatic rings. The Morgan fingerprint density at radius 3 is 3.10 bits per heavy atom. The number of rotatable bonds is 3. The van der Waals surface area contributed by atoms with Crippen LogP contribution in [0.5, 0.6) is 0 Å². The van der Waals surface area contributed by atoms with E-state index in [2.05, 4.69) is 11.4 Å². The lowest BCUT2D eigenvalue weighted by Gasteiger charge is -2.41. The minimum atomic E-state index is -0.126. The predicted molar refractivity (Wildman–Crippen MR) is 72.8 cm³/mol. The monoisotopic (exact) mass is 274 g/mol. The highest BCUT2D eigenvalue weighted by atomic mass is 16.3. The van der Waals surface area contributed by atoms with E-state index in [4.69, 9.17) is 4.42 Å². The van der Waals surface area contributed by atoms with Crippen LogP contribution in [0.2, 0.25) is 0 Å². The first kappa shape index (κ1) is 13.0. The fraction of sp³-hybridized carbons (Fsp3) is 0.467. The second-order valence-electron chi connectivity index (χ2n) is 5.56. The van der Waals surface area contributed by atoms with Crippen LogP contribution >= 0.6 is 0 Å². The van der Waals surface area contributed by atoms with E-state index < -0.39 is 0 Å². The van der Waals surface area contributed by atoms with Crippen LogP contribution in [0.3, 0.4) is 0 Å². The Morgan fingerprint density at radius 1 is 1.50 bits per heavy atom. The summed E-state index contributed by atoms with van der Waals surface area (Å²) in [6.07, 6.45) is 8.38. The number of likely N-dealkylation sites (tertiary alicyclic amines) is 1. The van der Waals surface area contributed by atoms with Crippen LogP contribution < -0.4 is 5.32 Å². The zero-order valence-electron chi connectivity index (χ0n) is 11.5. The van der Waals surface area contributed by atoms with Gasteiger partial charge in [-0.15, -0.1) is 0 Å². The van der Waals surface area contributed by atoms with E-state index in [1.165, 1.54) is 12.5 Å². The maximum atomic E-state index is 12.0. The van der Waals surface area contributed by atoms with Crippen LogP contribution in [0.25, 0.3) is 0 Å². The molecule has 20 heavy (non-hydrogen) atoms. The number of carbonyl (C=O) groups is 2. The van der Waals surface area contributed by atoms with E-state index in [1.807, 2.05) is 7.05 Å². The highest BCUT2D eigenvalue weighted by Crippen LogP contribution is 2.46. The predicted octanol–water partition coefficient (Wildman–Crippen LogP) is 1.93. The quantitative estimate of drug-likeness (QED) is 0.916. The van der Waals surface area contributed by atoms with Gasteiger partial charge in [0.1, 0.15) is 6.26 Å². The van der Waals surface area contributed by atoms with Crippen molar-refractivity contribution in [1.29, 1.82) is 0 Å². The minimum Gasteiger partial charge on any atom is -0.472 e. The fourth-order valence-electron chi connectivity index (χ4n) is 3.24. The van der Waals surface area contributed by atoms with E-state index in [9.17, 15) is 9.59 Å². The van der Waals surface area contributed by atoms with Gasteiger partial charge in [-0.25, -0.2) is 0 Å². The lowest BCUT2D eigenvalue weighted by molar-refractivity contribution is -0.131. The first-order valence-electron chi connectivity index (χ1n) is 6.90. The van der Waals surface area contributed by atoms with Gasteiger partial charge in [0.25, 0.3) is 5.91 Å². The summed E-state index contributed by atoms with van der Waals surface area (Å²) in [7, 11) is 1.82. The summed E-state index contributed by atoms with van der Waals surface area (Å²) >= 11 is 0. The highest BCUT2D eigenvalue weighted by molar-refractivity contribution is 5.93. The molecule has 5 nitrogen and oxygen atoms in total. The van der Waals surface area contributed by atoms with Gasteiger partial charge in [0, 0.05) is 31.1 Å². The molecule has 0 spiro atoms. The molecular weight excluding hydrogens is 256 g/mol. The molecule has 3 rings (SSSR count). The van der Waals surface area contributed by atoms with E-state index in [-0.39, 0.29) is 17.2 Å². The fourth-order valence-corrected chi connectivity index (χ4v) is 3.24. The van der Waals surface area contributed by atoms with E-state index in [0.29, 0.717) is 18.5 Å². The van der Waals surface area contributed by atoms with Crippen molar-refractivity contribution < 1.29 is 14.0 Å². The number of amides is 2. The van der Waals surface area contributed by atoms with Gasteiger partial charge in [-0.05, 0) is 25.3 Å². The molecule has 0 bridgehead atoms. The molecule has 0 saturated carbocycles. The number of fused-ring (bicyclic) bond motifs is 1. The summed E-state index contributed by atoms with van der Waals surface area (Å²) in [4.78, 5) is 25.5. The standard InChI is InChI=1S/C15H18N2O3/c1-17-12-3-2-6-15(12,7-4-13(17)18)10-16-14(19)11-5-8-20-9-11/h3,5,8-9H,2,4,6-7,10H2,1H3,(H,16,19). The number of hydrogen-bond acceptors (Lipinski definition) is 3. The number of carbonyl (C=O) groups excluding carboxylic acids is 2. The summed E-state index contributed by atoms with van der Waals surface area (Å²) in [5.74, 6) is 0.0360. The third kappa shape index (κ3) is 2.03. The Balaban J connectivity index is 1.72. The average molecular weight is 274 g/mol. The zero-order chi connectivity index (χ0) is 14.2. The molecule has 1 fully saturated rings. The number of allylic oxidation sites excluding steroid dienone is 1. The zero-order valence-corrected chi connectivity index (χ0v) is 11.5. The van der Waals surface area contributed by atoms with Gasteiger partial charge in [0.2, 0.25) is 5.91 Å². The topological polar surface area (TPSA) is 62.6 Å². The van der Waals surface area contributed by atoms with Crippen molar-refractivity contribution in [3.05, 3.63) is 35.9 Å². The van der Waals surface area contributed by atoms with Gasteiger partial charge in [-0.1, -0.05) is 6.08 Å². The normalized spacial score (nSPS) is 25.4. The van der Waals surface area contributed by atoms with E-state index >= 15 is 0 Å². The molecule has 106 valence electrons. The first-order valence-corrected chi connectivity index (χ1v) is 6.90. The molecular formula is C15H18N2O3. The average Bonchev–Trinajstić information content (AvgIpc) is 3.10. The summed E-state index contributed by atoms with van der Waals surface area (Å²) in [6.45, 7) is 0.570. The van der Waals surface area contributed by atoms with Crippen molar-refractivity contribution in [3.63, 3.8) is 0 Å². The smallest absolute Gasteiger partial charge is 0.254 e. The molecule has 0 aromatic carbocycles. The molecule has 2 heterocycles. The highest BCUT2D eigenvalue weighted by Gasteiger charge is 2.44. The van der Waals surface area contributed by atoms with Crippen molar-refractivity contribution >= 4 is 11.8 Å². The van der Waals surface area contributed by atoms with Crippen LogP contribution in [-0.4, -0.2) is 30.3 Å². The Bertz CT molecular complexity index is 562. The van der Waals surface area contributed by atoms with E-state index in [1.54, 1.807) is 11.0 Å². The maximum absolute atomic E-state index is 12.0. The van der Waals surface area contributed by atoms with Crippen molar-refractivity contribution in [1.82, 2.24) is 10.2 Å². The number of nitrogens with one attached hydrogen (secondary N) is 1. The van der Waals surface area contributed by atoms with E-state index in [0.717, 1.165) is 25.0 Å². The van der Waals surface area contributed by atoms with Crippen LogP contribution in [0.15, 0.2) is 34.8 Å². The molecule has 1 N–H and O–H groups in total. The lowest BCUT2D eigenvalue weighted by atomic mass is 9.77. The van der Waals surface area contributed by atoms with Gasteiger partial charge in [-0.3, -0.25) is 9.59 Å². The van der Waals surface area contributed by atoms with Crippen LogP contribution in [0, 0.1) is 5.41 Å². The van der Waals surface area contributed by atoms with Crippen LogP contribution in [0.1, 0.15) is 36.0 Å². The largest absolute Gasteiger partial charge is 0.472 e. The summed E-state index contributed by atoms with van der Waals surface area (Å²) in [5, 5.41) is 2.97. The molecule has 5 heteroatoms. The van der Waals surface area contributed by atoms with Crippen molar-refractivity contribution in [2.75, 3.05) is 13.6 Å². The number of nitrogens with zero attached hydrogens (tertiary/aromatic N) is 1. The van der Waals surface area contributed by atoms with Crippen LogP contribution in [0.4, 0.5) is 0 Å². The molecule has 1 aromatic rings. The minimum absolute atomic E-state index is 0.0813. The van der Waals surface area contributed by atoms with Gasteiger partial charge in [0.15, 0.2) is 0 Å². The number of furan rings is 1. The van der Waals surface area contributed by atoms with Gasteiger partial charge in [0.05, 0.1) is 11.8 Å². The summed E-state index contributed by atoms with van der Waals surface area (Å²) in [6, 6.07) is 1.65. The molecule has 1 aromatic heterocycles. The molecule has 1 aliphatic heterocycles. The summed E-state index contributed by atoms with van der Waals surface area (Å²) in [5.41, 5.74) is 1.52. The van der Waals surface area contributed by atoms with Gasteiger partial charge in [-0.2, -0.15) is 0 Å².